The van der Waals surface area contributed by atoms with Gasteiger partial charge in [-0.15, -0.1) is 5.10 Å². The predicted octanol–water partition coefficient (Wildman–Crippen LogP) is 5.25. The van der Waals surface area contributed by atoms with E-state index in [1.807, 2.05) is 35.0 Å². The van der Waals surface area contributed by atoms with Crippen LogP contribution >= 0.6 is 0 Å². The van der Waals surface area contributed by atoms with Crippen LogP contribution in [0.1, 0.15) is 79.2 Å². The van der Waals surface area contributed by atoms with Gasteiger partial charge in [0.1, 0.15) is 5.54 Å². The first-order chi connectivity index (χ1) is 20.4. The number of aromatic nitrogens is 4. The minimum absolute atomic E-state index is 0.0240. The maximum Gasteiger partial charge on any atom is 0.328 e. The van der Waals surface area contributed by atoms with Crippen LogP contribution in [-0.4, -0.2) is 48.2 Å². The highest BCUT2D eigenvalue weighted by Gasteiger charge is 2.46. The molecule has 2 heterocycles. The van der Waals surface area contributed by atoms with Crippen LogP contribution in [0.15, 0.2) is 66.9 Å². The Morgan fingerprint density at radius 1 is 0.952 bits per heavy atom. The summed E-state index contributed by atoms with van der Waals surface area (Å²) in [5.74, 6) is -1.55. The second kappa shape index (κ2) is 11.6. The summed E-state index contributed by atoms with van der Waals surface area (Å²) in [4.78, 5) is 46.4. The largest absolute Gasteiger partial charge is 0.478 e. The summed E-state index contributed by atoms with van der Waals surface area (Å²) in [7, 11) is 0. The van der Waals surface area contributed by atoms with E-state index in [0.29, 0.717) is 35.7 Å². The Bertz CT molecular complexity index is 1650. The number of hydrogen-bond acceptors (Lipinski definition) is 6. The number of nitrogens with zero attached hydrogens (tertiary/aromatic N) is 4. The number of carboxylic acids is 1. The number of rotatable bonds is 8. The average Bonchev–Trinajstić information content (AvgIpc) is 3.38. The molecule has 2 aromatic carbocycles. The first kappa shape index (κ1) is 27.3. The van der Waals surface area contributed by atoms with Crippen molar-refractivity contribution in [2.45, 2.75) is 62.8 Å². The molecule has 2 aromatic heterocycles. The van der Waals surface area contributed by atoms with E-state index < -0.39 is 17.4 Å². The van der Waals surface area contributed by atoms with Crippen molar-refractivity contribution in [2.24, 2.45) is 0 Å². The highest BCUT2D eigenvalue weighted by molar-refractivity contribution is 6.03. The zero-order valence-corrected chi connectivity index (χ0v) is 23.1. The van der Waals surface area contributed by atoms with Gasteiger partial charge < -0.3 is 15.7 Å². The Labute approximate surface area is 242 Å². The number of carboxylic acid groups (broad SMARTS) is 1. The molecule has 0 spiro atoms. The molecule has 42 heavy (non-hydrogen) atoms. The molecule has 2 aliphatic rings. The van der Waals surface area contributed by atoms with Crippen molar-refractivity contribution in [1.82, 2.24) is 25.1 Å². The van der Waals surface area contributed by atoms with Gasteiger partial charge in [-0.25, -0.2) is 19.4 Å². The van der Waals surface area contributed by atoms with Crippen molar-refractivity contribution in [3.05, 3.63) is 84.0 Å². The van der Waals surface area contributed by atoms with E-state index >= 15 is 0 Å². The first-order valence-electron chi connectivity index (χ1n) is 14.4. The summed E-state index contributed by atoms with van der Waals surface area (Å²) in [6.07, 6.45) is 11.8. The molecule has 214 valence electrons. The Hall–Kier alpha value is -4.86. The molecule has 2 fully saturated rings. The SMILES string of the molecule is O=C(O)/C=C/c1ccc(NC(=O)C2(NC(=O)c3ncc4c(C5CCCCC5)n(-c5ccccc5)nc4n3)CCC2)cc1. The number of para-hydroxylation sites is 1. The third-order valence-corrected chi connectivity index (χ3v) is 8.24. The molecule has 0 radical (unpaired) electrons. The maximum absolute atomic E-state index is 13.4. The summed E-state index contributed by atoms with van der Waals surface area (Å²) < 4.78 is 1.95. The number of aliphatic carboxylic acids is 1. The van der Waals surface area contributed by atoms with Crippen LogP contribution in [0.2, 0.25) is 0 Å². The lowest BCUT2D eigenvalue weighted by molar-refractivity contribution is -0.131. The highest BCUT2D eigenvalue weighted by Crippen LogP contribution is 2.37. The topological polar surface area (TPSA) is 139 Å². The lowest BCUT2D eigenvalue weighted by Gasteiger charge is -2.40. The van der Waals surface area contributed by atoms with Crippen LogP contribution < -0.4 is 10.6 Å². The Morgan fingerprint density at radius 2 is 1.69 bits per heavy atom. The number of anilines is 1. The molecule has 2 aliphatic carbocycles. The number of fused-ring (bicyclic) bond motifs is 1. The predicted molar refractivity (Wildman–Crippen MR) is 158 cm³/mol. The summed E-state index contributed by atoms with van der Waals surface area (Å²) >= 11 is 0. The Morgan fingerprint density at radius 3 is 2.36 bits per heavy atom. The third-order valence-electron chi connectivity index (χ3n) is 8.24. The molecule has 6 rings (SSSR count). The molecule has 2 saturated carbocycles. The van der Waals surface area contributed by atoms with Gasteiger partial charge in [-0.1, -0.05) is 49.6 Å². The van der Waals surface area contributed by atoms with E-state index in [1.54, 1.807) is 30.5 Å². The fraction of sp³-hybridized carbons (Fsp3) is 0.312. The van der Waals surface area contributed by atoms with Crippen molar-refractivity contribution in [3.63, 3.8) is 0 Å². The summed E-state index contributed by atoms with van der Waals surface area (Å²) in [5.41, 5.74) is 2.67. The number of carbonyl (C=O) groups excluding carboxylic acids is 2. The molecule has 2 amide bonds. The highest BCUT2D eigenvalue weighted by atomic mass is 16.4. The zero-order valence-electron chi connectivity index (χ0n) is 23.1. The fourth-order valence-corrected chi connectivity index (χ4v) is 5.84. The van der Waals surface area contributed by atoms with Gasteiger partial charge in [0.05, 0.1) is 16.8 Å². The van der Waals surface area contributed by atoms with Crippen molar-refractivity contribution in [2.75, 3.05) is 5.32 Å². The minimum atomic E-state index is -1.06. The van der Waals surface area contributed by atoms with E-state index in [9.17, 15) is 14.4 Å². The summed E-state index contributed by atoms with van der Waals surface area (Å²) in [6.45, 7) is 0. The second-order valence-electron chi connectivity index (χ2n) is 11.0. The maximum atomic E-state index is 13.4. The van der Waals surface area contributed by atoms with Crippen LogP contribution in [0.25, 0.3) is 22.8 Å². The van der Waals surface area contributed by atoms with E-state index in [0.717, 1.165) is 42.1 Å². The smallest absolute Gasteiger partial charge is 0.328 e. The molecule has 0 aliphatic heterocycles. The standard InChI is InChI=1S/C32H32N6O4/c39-26(40)17-14-21-12-15-23(16-13-21)34-31(42)32(18-7-19-32)36-30(41)29-33-20-25-27(22-8-3-1-4-9-22)38(37-28(25)35-29)24-10-5-2-6-11-24/h2,5-6,10-17,20,22H,1,3-4,7-9,18-19H2,(H,34,42)(H,36,41)(H,39,40)/b17-14+. The summed E-state index contributed by atoms with van der Waals surface area (Å²) in [6, 6.07) is 16.7. The van der Waals surface area contributed by atoms with E-state index in [-0.39, 0.29) is 11.7 Å². The first-order valence-corrected chi connectivity index (χ1v) is 14.4. The molecule has 0 bridgehead atoms. The minimum Gasteiger partial charge on any atom is -0.478 e. The molecule has 0 saturated heterocycles. The van der Waals surface area contributed by atoms with Crippen molar-refractivity contribution in [1.29, 1.82) is 0 Å². The lowest BCUT2D eigenvalue weighted by Crippen LogP contribution is -2.61. The van der Waals surface area contributed by atoms with Crippen LogP contribution in [0, 0.1) is 0 Å². The summed E-state index contributed by atoms with van der Waals surface area (Å²) in [5, 5.41) is 20.3. The van der Waals surface area contributed by atoms with E-state index in [1.165, 1.54) is 25.3 Å². The van der Waals surface area contributed by atoms with Crippen LogP contribution in [0.3, 0.4) is 0 Å². The van der Waals surface area contributed by atoms with Gasteiger partial charge in [0, 0.05) is 23.9 Å². The van der Waals surface area contributed by atoms with Gasteiger partial charge in [-0.3, -0.25) is 9.59 Å². The van der Waals surface area contributed by atoms with Crippen molar-refractivity contribution >= 4 is 40.6 Å². The molecule has 0 unspecified atom stereocenters. The average molecular weight is 565 g/mol. The second-order valence-corrected chi connectivity index (χ2v) is 11.0. The van der Waals surface area contributed by atoms with E-state index in [4.69, 9.17) is 10.2 Å². The molecule has 10 heteroatoms. The van der Waals surface area contributed by atoms with Gasteiger partial charge >= 0.3 is 5.97 Å². The molecular formula is C32H32N6O4. The van der Waals surface area contributed by atoms with Crippen LogP contribution in [-0.2, 0) is 9.59 Å². The number of amides is 2. The zero-order chi connectivity index (χ0) is 29.1. The van der Waals surface area contributed by atoms with Gasteiger partial charge in [0.25, 0.3) is 5.91 Å². The van der Waals surface area contributed by atoms with Gasteiger partial charge in [0.2, 0.25) is 11.7 Å². The van der Waals surface area contributed by atoms with Crippen molar-refractivity contribution < 1.29 is 19.5 Å². The molecular weight excluding hydrogens is 532 g/mol. The number of benzene rings is 2. The fourth-order valence-electron chi connectivity index (χ4n) is 5.84. The quantitative estimate of drug-likeness (QED) is 0.248. The van der Waals surface area contributed by atoms with Crippen LogP contribution in [0.4, 0.5) is 5.69 Å². The normalized spacial score (nSPS) is 16.7. The molecule has 3 N–H and O–H groups in total. The Balaban J connectivity index is 1.22. The van der Waals surface area contributed by atoms with E-state index in [2.05, 4.69) is 20.6 Å². The number of hydrogen-bond donors (Lipinski definition) is 3. The van der Waals surface area contributed by atoms with Gasteiger partial charge in [-0.2, -0.15) is 0 Å². The third kappa shape index (κ3) is 5.52. The lowest BCUT2D eigenvalue weighted by atomic mass is 9.75. The van der Waals surface area contributed by atoms with Gasteiger partial charge in [-0.05, 0) is 68.0 Å². The number of nitrogens with one attached hydrogen (secondary N) is 2. The monoisotopic (exact) mass is 564 g/mol. The Kier molecular flexibility index (Phi) is 7.52. The molecule has 0 atom stereocenters. The number of carbonyl (C=O) groups is 3. The van der Waals surface area contributed by atoms with Crippen molar-refractivity contribution in [3.8, 4) is 5.69 Å². The van der Waals surface area contributed by atoms with Gasteiger partial charge in [0.15, 0.2) is 5.65 Å². The molecule has 10 nitrogen and oxygen atoms in total. The van der Waals surface area contributed by atoms with Crippen LogP contribution in [0.5, 0.6) is 0 Å². The molecule has 4 aromatic rings.